The Morgan fingerprint density at radius 1 is 1.45 bits per heavy atom. The molecule has 4 nitrogen and oxygen atoms in total. The van der Waals surface area contributed by atoms with Gasteiger partial charge in [-0.3, -0.25) is 0 Å². The van der Waals surface area contributed by atoms with E-state index in [9.17, 15) is 5.11 Å². The highest BCUT2D eigenvalue weighted by Gasteiger charge is 2.34. The molecule has 1 saturated heterocycles. The van der Waals surface area contributed by atoms with Crippen LogP contribution in [0.1, 0.15) is 39.2 Å². The molecule has 1 aliphatic heterocycles. The van der Waals surface area contributed by atoms with Gasteiger partial charge in [-0.15, -0.1) is 0 Å². The Labute approximate surface area is 121 Å². The summed E-state index contributed by atoms with van der Waals surface area (Å²) in [5.41, 5.74) is 0.844. The lowest BCUT2D eigenvalue weighted by atomic mass is 9.73. The predicted octanol–water partition coefficient (Wildman–Crippen LogP) is 2.58. The zero-order chi connectivity index (χ0) is 14.8. The summed E-state index contributed by atoms with van der Waals surface area (Å²) < 4.78 is 0. The van der Waals surface area contributed by atoms with Crippen LogP contribution in [0.2, 0.25) is 0 Å². The number of nitriles is 1. The molecule has 108 valence electrons. The van der Waals surface area contributed by atoms with E-state index >= 15 is 0 Å². The van der Waals surface area contributed by atoms with Crippen molar-refractivity contribution in [2.75, 3.05) is 18.1 Å². The van der Waals surface area contributed by atoms with Gasteiger partial charge in [0, 0.05) is 12.7 Å². The van der Waals surface area contributed by atoms with Crippen LogP contribution in [0.4, 0.5) is 5.82 Å². The smallest absolute Gasteiger partial charge is 0.128 e. The average Bonchev–Trinajstić information content (AvgIpc) is 2.45. The summed E-state index contributed by atoms with van der Waals surface area (Å²) >= 11 is 0. The second-order valence-electron chi connectivity index (χ2n) is 6.63. The van der Waals surface area contributed by atoms with E-state index in [1.165, 1.54) is 0 Å². The van der Waals surface area contributed by atoms with Gasteiger partial charge in [-0.05, 0) is 36.3 Å². The first-order chi connectivity index (χ1) is 9.45. The highest BCUT2D eigenvalue weighted by atomic mass is 16.3. The van der Waals surface area contributed by atoms with Crippen LogP contribution in [0.25, 0.3) is 0 Å². The highest BCUT2D eigenvalue weighted by Crippen LogP contribution is 2.37. The third kappa shape index (κ3) is 3.10. The van der Waals surface area contributed by atoms with E-state index < -0.39 is 0 Å². The van der Waals surface area contributed by atoms with Gasteiger partial charge in [-0.25, -0.2) is 4.98 Å². The summed E-state index contributed by atoms with van der Waals surface area (Å²) in [6.45, 7) is 7.85. The largest absolute Gasteiger partial charge is 0.394 e. The van der Waals surface area contributed by atoms with Crippen LogP contribution in [-0.2, 0) is 0 Å². The normalized spacial score (nSPS) is 23.4. The maximum absolute atomic E-state index is 9.69. The van der Waals surface area contributed by atoms with Crippen LogP contribution in [-0.4, -0.2) is 29.3 Å². The van der Waals surface area contributed by atoms with Crippen molar-refractivity contribution in [3.05, 3.63) is 23.9 Å². The van der Waals surface area contributed by atoms with Gasteiger partial charge in [0.15, 0.2) is 0 Å². The Kier molecular flexibility index (Phi) is 4.29. The van der Waals surface area contributed by atoms with Crippen LogP contribution in [0, 0.1) is 22.7 Å². The van der Waals surface area contributed by atoms with E-state index in [-0.39, 0.29) is 18.1 Å². The Morgan fingerprint density at radius 3 is 2.70 bits per heavy atom. The van der Waals surface area contributed by atoms with Crippen molar-refractivity contribution < 1.29 is 5.11 Å². The molecule has 0 amide bonds. The number of pyridine rings is 1. The van der Waals surface area contributed by atoms with E-state index in [0.29, 0.717) is 11.5 Å². The van der Waals surface area contributed by atoms with Gasteiger partial charge in [-0.1, -0.05) is 20.8 Å². The molecule has 2 heterocycles. The molecule has 1 N–H and O–H groups in total. The van der Waals surface area contributed by atoms with Gasteiger partial charge in [0.2, 0.25) is 0 Å². The summed E-state index contributed by atoms with van der Waals surface area (Å²) in [6, 6.07) is 5.86. The molecular weight excluding hydrogens is 250 g/mol. The zero-order valence-electron chi connectivity index (χ0n) is 12.5. The third-order valence-electron chi connectivity index (χ3n) is 4.32. The maximum atomic E-state index is 9.69. The first-order valence-corrected chi connectivity index (χ1v) is 7.19. The molecule has 0 saturated carbocycles. The van der Waals surface area contributed by atoms with Crippen molar-refractivity contribution in [3.8, 4) is 6.07 Å². The summed E-state index contributed by atoms with van der Waals surface area (Å²) in [6.07, 6.45) is 3.70. The number of hydrogen-bond donors (Lipinski definition) is 1. The molecule has 1 fully saturated rings. The second kappa shape index (κ2) is 5.80. The van der Waals surface area contributed by atoms with E-state index in [4.69, 9.17) is 5.26 Å². The fraction of sp³-hybridized carbons (Fsp3) is 0.625. The third-order valence-corrected chi connectivity index (χ3v) is 4.32. The topological polar surface area (TPSA) is 60.2 Å². The molecule has 4 heteroatoms. The Bertz CT molecular complexity index is 484. The van der Waals surface area contributed by atoms with Gasteiger partial charge in [0.25, 0.3) is 0 Å². The van der Waals surface area contributed by atoms with Gasteiger partial charge < -0.3 is 10.0 Å². The van der Waals surface area contributed by atoms with Gasteiger partial charge >= 0.3 is 0 Å². The first kappa shape index (κ1) is 14.8. The molecule has 2 atom stereocenters. The van der Waals surface area contributed by atoms with Crippen LogP contribution in [0.3, 0.4) is 0 Å². The van der Waals surface area contributed by atoms with Crippen LogP contribution < -0.4 is 4.90 Å². The Morgan fingerprint density at radius 2 is 2.20 bits per heavy atom. The van der Waals surface area contributed by atoms with Gasteiger partial charge in [0.05, 0.1) is 18.2 Å². The standard InChI is InChI=1S/C16H23N3O/c1-16(2,3)13-6-7-19(14(8-13)11-20)15-5-4-12(9-17)10-18-15/h4-5,10,13-14,20H,6-8,11H2,1-3H3/t13-,14+/m1/s1. The SMILES string of the molecule is CC(C)(C)[C@@H]1CCN(c2ccc(C#N)cn2)[C@H](CO)C1. The minimum Gasteiger partial charge on any atom is -0.394 e. The molecule has 0 radical (unpaired) electrons. The monoisotopic (exact) mass is 273 g/mol. The fourth-order valence-corrected chi connectivity index (χ4v) is 2.93. The zero-order valence-corrected chi connectivity index (χ0v) is 12.5. The molecule has 0 aliphatic carbocycles. The minimum atomic E-state index is 0.119. The number of nitrogens with zero attached hydrogens (tertiary/aromatic N) is 3. The van der Waals surface area contributed by atoms with Crippen LogP contribution >= 0.6 is 0 Å². The van der Waals surface area contributed by atoms with Crippen molar-refractivity contribution in [1.82, 2.24) is 4.98 Å². The molecule has 0 unspecified atom stereocenters. The maximum Gasteiger partial charge on any atom is 0.128 e. The number of hydrogen-bond acceptors (Lipinski definition) is 4. The first-order valence-electron chi connectivity index (χ1n) is 7.19. The Hall–Kier alpha value is -1.60. The van der Waals surface area contributed by atoms with E-state index in [2.05, 4.69) is 36.7 Å². The minimum absolute atomic E-state index is 0.119. The van der Waals surface area contributed by atoms with Crippen LogP contribution in [0.5, 0.6) is 0 Å². The summed E-state index contributed by atoms with van der Waals surface area (Å²) in [7, 11) is 0. The summed E-state index contributed by atoms with van der Waals surface area (Å²) in [5, 5.41) is 18.5. The molecule has 0 spiro atoms. The molecular formula is C16H23N3O. The van der Waals surface area contributed by atoms with Crippen LogP contribution in [0.15, 0.2) is 18.3 Å². The molecule has 1 aromatic heterocycles. The Balaban J connectivity index is 2.14. The lowest BCUT2D eigenvalue weighted by Crippen LogP contribution is -2.47. The van der Waals surface area contributed by atoms with E-state index in [1.54, 1.807) is 12.3 Å². The summed E-state index contributed by atoms with van der Waals surface area (Å²) in [5.74, 6) is 1.48. The van der Waals surface area contributed by atoms with Crippen molar-refractivity contribution >= 4 is 5.82 Å². The number of anilines is 1. The van der Waals surface area contributed by atoms with Crippen molar-refractivity contribution in [3.63, 3.8) is 0 Å². The molecule has 0 aromatic carbocycles. The molecule has 20 heavy (non-hydrogen) atoms. The van der Waals surface area contributed by atoms with Gasteiger partial charge in [-0.2, -0.15) is 5.26 Å². The lowest BCUT2D eigenvalue weighted by Gasteiger charge is -2.44. The average molecular weight is 273 g/mol. The van der Waals surface area contributed by atoms with Gasteiger partial charge in [0.1, 0.15) is 11.9 Å². The number of rotatable bonds is 2. The van der Waals surface area contributed by atoms with Crippen molar-refractivity contribution in [2.24, 2.45) is 11.3 Å². The summed E-state index contributed by atoms with van der Waals surface area (Å²) in [4.78, 5) is 6.52. The molecule has 1 aliphatic rings. The number of aromatic nitrogens is 1. The second-order valence-corrected chi connectivity index (χ2v) is 6.63. The van der Waals surface area contributed by atoms with E-state index in [0.717, 1.165) is 25.2 Å². The lowest BCUT2D eigenvalue weighted by molar-refractivity contribution is 0.144. The van der Waals surface area contributed by atoms with Crippen molar-refractivity contribution in [1.29, 1.82) is 5.26 Å². The molecule has 2 rings (SSSR count). The quantitative estimate of drug-likeness (QED) is 0.899. The predicted molar refractivity (Wildman–Crippen MR) is 79.4 cm³/mol. The number of aliphatic hydroxyl groups excluding tert-OH is 1. The highest BCUT2D eigenvalue weighted by molar-refractivity contribution is 5.43. The molecule has 0 bridgehead atoms. The molecule has 1 aromatic rings. The number of piperidine rings is 1. The number of aliphatic hydroxyl groups is 1. The van der Waals surface area contributed by atoms with E-state index in [1.807, 2.05) is 6.07 Å². The fourth-order valence-electron chi connectivity index (χ4n) is 2.93. The van der Waals surface area contributed by atoms with Crippen molar-refractivity contribution in [2.45, 2.75) is 39.7 Å².